The zero-order chi connectivity index (χ0) is 18.8. The average Bonchev–Trinajstić information content (AvgIpc) is 2.70. The van der Waals surface area contributed by atoms with Crippen molar-refractivity contribution < 1.29 is 14.4 Å². The van der Waals surface area contributed by atoms with Crippen molar-refractivity contribution in [2.75, 3.05) is 36.6 Å². The Balaban J connectivity index is 1.50. The average molecular weight is 388 g/mol. The summed E-state index contributed by atoms with van der Waals surface area (Å²) in [5.41, 5.74) is 1.25. The topological polar surface area (TPSA) is 86.8 Å². The van der Waals surface area contributed by atoms with E-state index in [0.29, 0.717) is 41.8 Å². The first-order chi connectivity index (χ1) is 13.1. The molecule has 2 aliphatic heterocycles. The van der Waals surface area contributed by atoms with Crippen LogP contribution in [0.1, 0.15) is 10.5 Å². The van der Waals surface area contributed by atoms with E-state index in [2.05, 4.69) is 15.6 Å². The van der Waals surface area contributed by atoms with Crippen LogP contribution in [0.15, 0.2) is 42.6 Å². The fraction of sp³-hybridized carbons (Fsp3) is 0.278. The second kappa shape index (κ2) is 7.51. The Morgan fingerprint density at radius 2 is 2.22 bits per heavy atom. The van der Waals surface area contributed by atoms with Gasteiger partial charge in [0.15, 0.2) is 0 Å². The fourth-order valence-electron chi connectivity index (χ4n) is 3.11. The number of carbonyl (C=O) groups is 2. The van der Waals surface area contributed by atoms with E-state index in [1.165, 1.54) is 5.06 Å². The highest BCUT2D eigenvalue weighted by Gasteiger charge is 2.37. The van der Waals surface area contributed by atoms with Crippen molar-refractivity contribution in [2.45, 2.75) is 6.04 Å². The molecule has 0 spiro atoms. The van der Waals surface area contributed by atoms with Crippen LogP contribution in [-0.2, 0) is 4.84 Å². The number of aromatic nitrogens is 1. The summed E-state index contributed by atoms with van der Waals surface area (Å²) in [4.78, 5) is 36.4. The van der Waals surface area contributed by atoms with Crippen LogP contribution in [0.25, 0.3) is 0 Å². The molecule has 0 radical (unpaired) electrons. The predicted octanol–water partition coefficient (Wildman–Crippen LogP) is 2.13. The SMILES string of the molecule is O=C(Nc1ccc(N2OCC3CNCCN3C2=O)c(Cl)c1)c1ccccn1. The normalized spacial score (nSPS) is 19.6. The molecule has 2 N–H and O–H groups in total. The van der Waals surface area contributed by atoms with Crippen molar-refractivity contribution in [1.82, 2.24) is 15.2 Å². The molecule has 1 unspecified atom stereocenters. The Bertz CT molecular complexity index is 863. The maximum absolute atomic E-state index is 12.7. The van der Waals surface area contributed by atoms with E-state index >= 15 is 0 Å². The molecule has 8 nitrogen and oxygen atoms in total. The van der Waals surface area contributed by atoms with Gasteiger partial charge in [0.05, 0.1) is 23.4 Å². The van der Waals surface area contributed by atoms with Crippen molar-refractivity contribution in [3.63, 3.8) is 0 Å². The molecule has 3 amide bonds. The Labute approximate surface area is 161 Å². The number of benzene rings is 1. The monoisotopic (exact) mass is 387 g/mol. The van der Waals surface area contributed by atoms with Crippen LogP contribution in [0.4, 0.5) is 16.2 Å². The number of nitrogens with one attached hydrogen (secondary N) is 2. The molecule has 2 aliphatic rings. The quantitative estimate of drug-likeness (QED) is 0.842. The van der Waals surface area contributed by atoms with Crippen molar-refractivity contribution in [1.29, 1.82) is 0 Å². The van der Waals surface area contributed by atoms with E-state index in [-0.39, 0.29) is 18.0 Å². The van der Waals surface area contributed by atoms with Gasteiger partial charge < -0.3 is 15.5 Å². The Kier molecular flexibility index (Phi) is 4.93. The number of piperazine rings is 1. The van der Waals surface area contributed by atoms with Crippen LogP contribution in [0.5, 0.6) is 0 Å². The second-order valence-electron chi connectivity index (χ2n) is 6.26. The van der Waals surface area contributed by atoms with E-state index in [1.807, 2.05) is 0 Å². The molecule has 27 heavy (non-hydrogen) atoms. The van der Waals surface area contributed by atoms with E-state index in [4.69, 9.17) is 16.4 Å². The highest BCUT2D eigenvalue weighted by molar-refractivity contribution is 6.34. The van der Waals surface area contributed by atoms with Crippen molar-refractivity contribution in [3.8, 4) is 0 Å². The van der Waals surface area contributed by atoms with E-state index < -0.39 is 0 Å². The number of hydroxylamine groups is 1. The molecule has 0 aliphatic carbocycles. The summed E-state index contributed by atoms with van der Waals surface area (Å²) >= 11 is 6.36. The molecule has 2 aromatic rings. The highest BCUT2D eigenvalue weighted by Crippen LogP contribution is 2.32. The van der Waals surface area contributed by atoms with Crippen LogP contribution < -0.4 is 15.7 Å². The number of amides is 3. The number of halogens is 1. The summed E-state index contributed by atoms with van der Waals surface area (Å²) in [6.07, 6.45) is 1.55. The Hall–Kier alpha value is -2.68. The molecule has 1 aromatic carbocycles. The van der Waals surface area contributed by atoms with Crippen LogP contribution in [0.2, 0.25) is 5.02 Å². The number of hydrogen-bond donors (Lipinski definition) is 2. The van der Waals surface area contributed by atoms with Gasteiger partial charge in [0.2, 0.25) is 0 Å². The summed E-state index contributed by atoms with van der Waals surface area (Å²) < 4.78 is 0. The van der Waals surface area contributed by atoms with Gasteiger partial charge in [-0.15, -0.1) is 0 Å². The summed E-state index contributed by atoms with van der Waals surface area (Å²) in [6, 6.07) is 9.78. The molecule has 3 heterocycles. The standard InChI is InChI=1S/C18H18ClN5O3/c19-14-9-12(22-17(25)15-3-1-2-6-21-15)4-5-16(14)24-18(26)23-8-7-20-10-13(23)11-27-24/h1-6,9,13,20H,7-8,10-11H2,(H,22,25). The number of hydrogen-bond acceptors (Lipinski definition) is 5. The van der Waals surface area contributed by atoms with E-state index in [9.17, 15) is 9.59 Å². The summed E-state index contributed by atoms with van der Waals surface area (Å²) in [7, 11) is 0. The lowest BCUT2D eigenvalue weighted by Crippen LogP contribution is -2.63. The molecule has 4 rings (SSSR count). The number of nitrogens with zero attached hydrogens (tertiary/aromatic N) is 3. The maximum Gasteiger partial charge on any atom is 0.349 e. The lowest BCUT2D eigenvalue weighted by molar-refractivity contribution is 0.0106. The molecule has 2 saturated heterocycles. The first-order valence-electron chi connectivity index (χ1n) is 8.60. The van der Waals surface area contributed by atoms with Gasteiger partial charge in [-0.1, -0.05) is 17.7 Å². The number of fused-ring (bicyclic) bond motifs is 1. The lowest BCUT2D eigenvalue weighted by Gasteiger charge is -2.43. The number of carbonyl (C=O) groups excluding carboxylic acids is 2. The van der Waals surface area contributed by atoms with Crippen molar-refractivity contribution >= 4 is 34.9 Å². The Morgan fingerprint density at radius 1 is 1.33 bits per heavy atom. The minimum absolute atomic E-state index is 0.0261. The first-order valence-corrected chi connectivity index (χ1v) is 8.97. The van der Waals surface area contributed by atoms with Crippen LogP contribution >= 0.6 is 11.6 Å². The van der Waals surface area contributed by atoms with E-state index in [1.54, 1.807) is 47.5 Å². The largest absolute Gasteiger partial charge is 0.349 e. The second-order valence-corrected chi connectivity index (χ2v) is 6.67. The van der Waals surface area contributed by atoms with Crippen molar-refractivity contribution in [2.24, 2.45) is 0 Å². The highest BCUT2D eigenvalue weighted by atomic mass is 35.5. The molecule has 1 aromatic heterocycles. The number of rotatable bonds is 3. The molecule has 0 bridgehead atoms. The minimum atomic E-state index is -0.339. The molecule has 140 valence electrons. The van der Waals surface area contributed by atoms with Gasteiger partial charge in [0, 0.05) is 31.5 Å². The summed E-state index contributed by atoms with van der Waals surface area (Å²) in [5.74, 6) is -0.339. The van der Waals surface area contributed by atoms with Crippen LogP contribution in [-0.4, -0.2) is 54.1 Å². The van der Waals surface area contributed by atoms with Crippen LogP contribution in [0, 0.1) is 0 Å². The van der Waals surface area contributed by atoms with Gasteiger partial charge in [0.1, 0.15) is 5.69 Å². The molecular weight excluding hydrogens is 370 g/mol. The summed E-state index contributed by atoms with van der Waals surface area (Å²) in [5, 5.41) is 7.50. The molecule has 2 fully saturated rings. The minimum Gasteiger partial charge on any atom is -0.321 e. The first kappa shape index (κ1) is 17.7. The third kappa shape index (κ3) is 3.59. The third-order valence-corrected chi connectivity index (χ3v) is 4.79. The summed E-state index contributed by atoms with van der Waals surface area (Å²) in [6.45, 7) is 2.49. The molecule has 0 saturated carbocycles. The smallest absolute Gasteiger partial charge is 0.321 e. The van der Waals surface area contributed by atoms with Crippen LogP contribution in [0.3, 0.4) is 0 Å². The third-order valence-electron chi connectivity index (χ3n) is 4.49. The zero-order valence-corrected chi connectivity index (χ0v) is 15.1. The van der Waals surface area contributed by atoms with Gasteiger partial charge in [-0.25, -0.2) is 4.79 Å². The lowest BCUT2D eigenvalue weighted by atomic mass is 10.2. The number of pyridine rings is 1. The van der Waals surface area contributed by atoms with Gasteiger partial charge >= 0.3 is 6.03 Å². The molecule has 1 atom stereocenters. The fourth-order valence-corrected chi connectivity index (χ4v) is 3.37. The number of urea groups is 1. The van der Waals surface area contributed by atoms with Gasteiger partial charge in [-0.3, -0.25) is 14.6 Å². The molecular formula is C18H18ClN5O3. The number of anilines is 2. The Morgan fingerprint density at radius 3 is 3.00 bits per heavy atom. The van der Waals surface area contributed by atoms with Gasteiger partial charge in [-0.2, -0.15) is 5.06 Å². The molecule has 9 heteroatoms. The van der Waals surface area contributed by atoms with E-state index in [0.717, 1.165) is 6.54 Å². The maximum atomic E-state index is 12.7. The van der Waals surface area contributed by atoms with Gasteiger partial charge in [0.25, 0.3) is 5.91 Å². The predicted molar refractivity (Wildman–Crippen MR) is 101 cm³/mol. The van der Waals surface area contributed by atoms with Gasteiger partial charge in [-0.05, 0) is 30.3 Å². The van der Waals surface area contributed by atoms with Crippen molar-refractivity contribution in [3.05, 3.63) is 53.3 Å². The zero-order valence-electron chi connectivity index (χ0n) is 14.4.